The van der Waals surface area contributed by atoms with E-state index in [1.54, 1.807) is 31.3 Å². The van der Waals surface area contributed by atoms with E-state index < -0.39 is 17.2 Å². The quantitative estimate of drug-likeness (QED) is 0.393. The van der Waals surface area contributed by atoms with Crippen molar-refractivity contribution >= 4 is 17.7 Å². The maximum atomic E-state index is 14.0. The van der Waals surface area contributed by atoms with Crippen LogP contribution in [0.5, 0.6) is 11.5 Å². The summed E-state index contributed by atoms with van der Waals surface area (Å²) < 4.78 is 5.97. The Morgan fingerprint density at radius 1 is 0.932 bits per heavy atom. The molecule has 4 fully saturated rings. The minimum Gasteiger partial charge on any atom is -0.457 e. The summed E-state index contributed by atoms with van der Waals surface area (Å²) in [5, 5.41) is 16.9. The van der Waals surface area contributed by atoms with Crippen LogP contribution in [0.15, 0.2) is 48.5 Å². The van der Waals surface area contributed by atoms with Gasteiger partial charge < -0.3 is 25.4 Å². The van der Waals surface area contributed by atoms with Gasteiger partial charge in [-0.25, -0.2) is 0 Å². The molecule has 2 aliphatic heterocycles. The third-order valence-corrected chi connectivity index (χ3v) is 10.4. The molecule has 6 rings (SSSR count). The molecule has 4 aliphatic rings. The van der Waals surface area contributed by atoms with Gasteiger partial charge in [0.1, 0.15) is 23.1 Å². The van der Waals surface area contributed by atoms with E-state index in [1.807, 2.05) is 17.0 Å². The van der Waals surface area contributed by atoms with Crippen LogP contribution in [0.2, 0.25) is 0 Å². The number of nitrogens with zero attached hydrogens (tertiary/aromatic N) is 2. The highest BCUT2D eigenvalue weighted by Gasteiger charge is 2.55. The van der Waals surface area contributed by atoms with Crippen molar-refractivity contribution in [2.45, 2.75) is 94.4 Å². The Balaban J connectivity index is 1.07. The molecule has 2 saturated carbocycles. The lowest BCUT2D eigenvalue weighted by atomic mass is 9.76. The first kappa shape index (κ1) is 30.6. The van der Waals surface area contributed by atoms with Crippen LogP contribution in [0.25, 0.3) is 0 Å². The first-order valence-electron chi connectivity index (χ1n) is 16.4. The second-order valence-corrected chi connectivity index (χ2v) is 13.4. The van der Waals surface area contributed by atoms with Crippen LogP contribution in [0, 0.1) is 5.92 Å². The fourth-order valence-corrected chi connectivity index (χ4v) is 7.46. The lowest BCUT2D eigenvalue weighted by molar-refractivity contribution is -0.165. The molecule has 236 valence electrons. The van der Waals surface area contributed by atoms with Crippen LogP contribution < -0.4 is 15.4 Å². The number of nitrogens with one attached hydrogen (secondary N) is 2. The first-order chi connectivity index (χ1) is 21.3. The van der Waals surface area contributed by atoms with Gasteiger partial charge in [0, 0.05) is 45.2 Å². The van der Waals surface area contributed by atoms with Gasteiger partial charge in [0.05, 0.1) is 5.60 Å². The first-order valence-corrected chi connectivity index (χ1v) is 16.4. The number of ether oxygens (including phenoxy) is 1. The Kier molecular flexibility index (Phi) is 8.96. The Morgan fingerprint density at radius 3 is 2.16 bits per heavy atom. The number of aliphatic hydroxyl groups is 1. The van der Waals surface area contributed by atoms with E-state index in [4.69, 9.17) is 4.74 Å². The number of benzene rings is 2. The van der Waals surface area contributed by atoms with Crippen molar-refractivity contribution < 1.29 is 24.2 Å². The molecular weight excluding hydrogens is 556 g/mol. The molecule has 2 aliphatic carbocycles. The molecular formula is C35H46N4O5. The van der Waals surface area contributed by atoms with E-state index in [-0.39, 0.29) is 17.7 Å². The lowest BCUT2D eigenvalue weighted by Crippen LogP contribution is -2.74. The largest absolute Gasteiger partial charge is 0.457 e. The minimum absolute atomic E-state index is 0.00260. The Labute approximate surface area is 260 Å². The summed E-state index contributed by atoms with van der Waals surface area (Å²) in [5.41, 5.74) is 0.0665. The third-order valence-electron chi connectivity index (χ3n) is 10.4. The van der Waals surface area contributed by atoms with Crippen LogP contribution in [0.1, 0.15) is 86.6 Å². The summed E-state index contributed by atoms with van der Waals surface area (Å²) in [6, 6.07) is 14.4. The molecule has 2 aromatic rings. The second kappa shape index (κ2) is 12.9. The maximum absolute atomic E-state index is 14.0. The van der Waals surface area contributed by atoms with Gasteiger partial charge in [-0.3, -0.25) is 19.3 Å². The SMILES string of the molecule is CNC(=O)c1ccc(Oc2ccc(CN3CCC4(CC3)C(=O)N[C@H](CC3(O)CCCCC3)C(=O)N4CC3CCC3)cc2)cc1. The zero-order valence-electron chi connectivity index (χ0n) is 25.9. The van der Waals surface area contributed by atoms with Gasteiger partial charge in [0.2, 0.25) is 11.8 Å². The van der Waals surface area contributed by atoms with Gasteiger partial charge in [-0.15, -0.1) is 0 Å². The van der Waals surface area contributed by atoms with E-state index in [9.17, 15) is 19.5 Å². The number of carbonyl (C=O) groups is 3. The van der Waals surface area contributed by atoms with E-state index in [1.165, 1.54) is 6.42 Å². The average molecular weight is 603 g/mol. The number of hydrogen-bond acceptors (Lipinski definition) is 6. The number of amides is 3. The fraction of sp³-hybridized carbons (Fsp3) is 0.571. The van der Waals surface area contributed by atoms with Crippen LogP contribution in [0.3, 0.4) is 0 Å². The van der Waals surface area contributed by atoms with Gasteiger partial charge in [-0.1, -0.05) is 37.8 Å². The predicted octanol–water partition coefficient (Wildman–Crippen LogP) is 4.39. The third kappa shape index (κ3) is 6.49. The van der Waals surface area contributed by atoms with Crippen molar-refractivity contribution in [2.75, 3.05) is 26.7 Å². The summed E-state index contributed by atoms with van der Waals surface area (Å²) in [6.07, 6.45) is 9.44. The average Bonchev–Trinajstić information content (AvgIpc) is 3.01. The zero-order chi connectivity index (χ0) is 30.7. The normalized spacial score (nSPS) is 23.6. The van der Waals surface area contributed by atoms with Crippen LogP contribution >= 0.6 is 0 Å². The number of likely N-dealkylation sites (tertiary alicyclic amines) is 1. The molecule has 3 amide bonds. The van der Waals surface area contributed by atoms with Crippen molar-refractivity contribution in [1.29, 1.82) is 0 Å². The Hall–Kier alpha value is -3.43. The minimum atomic E-state index is -0.861. The summed E-state index contributed by atoms with van der Waals surface area (Å²) in [6.45, 7) is 2.86. The number of piperazine rings is 1. The van der Waals surface area contributed by atoms with Crippen molar-refractivity contribution in [1.82, 2.24) is 20.4 Å². The van der Waals surface area contributed by atoms with Crippen molar-refractivity contribution in [2.24, 2.45) is 5.92 Å². The van der Waals surface area contributed by atoms with Crippen molar-refractivity contribution in [3.8, 4) is 11.5 Å². The molecule has 44 heavy (non-hydrogen) atoms. The molecule has 0 radical (unpaired) electrons. The smallest absolute Gasteiger partial charge is 0.251 e. The van der Waals surface area contributed by atoms with Crippen molar-refractivity contribution in [3.63, 3.8) is 0 Å². The van der Waals surface area contributed by atoms with Crippen LogP contribution in [-0.2, 0) is 16.1 Å². The van der Waals surface area contributed by atoms with Gasteiger partial charge in [0.25, 0.3) is 5.91 Å². The van der Waals surface area contributed by atoms with E-state index >= 15 is 0 Å². The summed E-state index contributed by atoms with van der Waals surface area (Å²) in [5.74, 6) is 1.68. The maximum Gasteiger partial charge on any atom is 0.251 e. The van der Waals surface area contributed by atoms with E-state index in [0.29, 0.717) is 55.9 Å². The highest BCUT2D eigenvalue weighted by atomic mass is 16.5. The van der Waals surface area contributed by atoms with Crippen molar-refractivity contribution in [3.05, 3.63) is 59.7 Å². The fourth-order valence-electron chi connectivity index (χ4n) is 7.46. The van der Waals surface area contributed by atoms with Gasteiger partial charge in [-0.05, 0) is 86.4 Å². The highest BCUT2D eigenvalue weighted by Crippen LogP contribution is 2.39. The molecule has 3 N–H and O–H groups in total. The predicted molar refractivity (Wildman–Crippen MR) is 167 cm³/mol. The summed E-state index contributed by atoms with van der Waals surface area (Å²) in [4.78, 5) is 43.9. The number of rotatable bonds is 9. The molecule has 9 heteroatoms. The molecule has 0 unspecified atom stereocenters. The van der Waals surface area contributed by atoms with Gasteiger partial charge in [0.15, 0.2) is 0 Å². The molecule has 9 nitrogen and oxygen atoms in total. The Morgan fingerprint density at radius 2 is 1.57 bits per heavy atom. The second-order valence-electron chi connectivity index (χ2n) is 13.4. The summed E-state index contributed by atoms with van der Waals surface area (Å²) in [7, 11) is 1.61. The number of piperidine rings is 1. The standard InChI is InChI=1S/C35H46N4O5/c1-36-31(40)27-10-14-29(15-11-27)44-28-12-8-26(9-13-28)23-38-20-18-35(19-21-38)33(42)37-30(22-34(43)16-3-2-4-17-34)32(41)39(35)24-25-6-5-7-25/h8-15,25,30,43H,2-7,16-24H2,1H3,(H,36,40)(H,37,42)/t30-/m1/s1. The van der Waals surface area contributed by atoms with Crippen LogP contribution in [-0.4, -0.2) is 76.5 Å². The molecule has 2 saturated heterocycles. The molecule has 2 heterocycles. The molecule has 1 atom stereocenters. The topological polar surface area (TPSA) is 111 Å². The lowest BCUT2D eigenvalue weighted by Gasteiger charge is -2.53. The van der Waals surface area contributed by atoms with Crippen LogP contribution in [0.4, 0.5) is 0 Å². The highest BCUT2D eigenvalue weighted by molar-refractivity contribution is 6.00. The monoisotopic (exact) mass is 602 g/mol. The molecule has 0 bridgehead atoms. The molecule has 0 aromatic heterocycles. The Bertz CT molecular complexity index is 1330. The van der Waals surface area contributed by atoms with E-state index in [2.05, 4.69) is 27.7 Å². The van der Waals surface area contributed by atoms with Gasteiger partial charge >= 0.3 is 0 Å². The summed E-state index contributed by atoms with van der Waals surface area (Å²) >= 11 is 0. The molecule has 2 aromatic carbocycles. The number of hydrogen-bond donors (Lipinski definition) is 3. The zero-order valence-corrected chi connectivity index (χ0v) is 25.9. The molecule has 1 spiro atoms. The number of carbonyl (C=O) groups excluding carboxylic acids is 3. The van der Waals surface area contributed by atoms with E-state index in [0.717, 1.165) is 63.1 Å². The van der Waals surface area contributed by atoms with Gasteiger partial charge in [-0.2, -0.15) is 0 Å².